The summed E-state index contributed by atoms with van der Waals surface area (Å²) in [6.45, 7) is 4.99. The van der Waals surface area contributed by atoms with Crippen LogP contribution in [0.15, 0.2) is 12.2 Å². The number of ether oxygens (including phenoxy) is 1. The van der Waals surface area contributed by atoms with Crippen molar-refractivity contribution in [3.63, 3.8) is 0 Å². The molecule has 0 aromatic rings. The summed E-state index contributed by atoms with van der Waals surface area (Å²) in [6.07, 6.45) is 10.1. The summed E-state index contributed by atoms with van der Waals surface area (Å²) in [5, 5.41) is 0. The average molecular weight is 236 g/mol. The van der Waals surface area contributed by atoms with E-state index in [2.05, 4.69) is 26.0 Å². The highest BCUT2D eigenvalue weighted by molar-refractivity contribution is 5.74. The molecule has 0 heterocycles. The monoisotopic (exact) mass is 236 g/mol. The Morgan fingerprint density at radius 3 is 2.71 bits per heavy atom. The summed E-state index contributed by atoms with van der Waals surface area (Å²) >= 11 is 0. The molecular formula is C15H24O2. The van der Waals surface area contributed by atoms with E-state index in [-0.39, 0.29) is 11.9 Å². The fraction of sp³-hybridized carbons (Fsp3) is 0.800. The van der Waals surface area contributed by atoms with E-state index >= 15 is 0 Å². The zero-order chi connectivity index (χ0) is 12.3. The van der Waals surface area contributed by atoms with Gasteiger partial charge < -0.3 is 4.74 Å². The van der Waals surface area contributed by atoms with Gasteiger partial charge >= 0.3 is 5.97 Å². The van der Waals surface area contributed by atoms with Crippen LogP contribution in [0, 0.1) is 23.7 Å². The normalized spacial score (nSPS) is 31.8. The molecule has 4 atom stereocenters. The molecule has 1 fully saturated rings. The van der Waals surface area contributed by atoms with Crippen LogP contribution in [0.3, 0.4) is 0 Å². The zero-order valence-corrected chi connectivity index (χ0v) is 11.0. The molecule has 2 aliphatic carbocycles. The van der Waals surface area contributed by atoms with Gasteiger partial charge in [-0.15, -0.1) is 0 Å². The number of rotatable bonds is 6. The maximum absolute atomic E-state index is 12.0. The van der Waals surface area contributed by atoms with Crippen molar-refractivity contribution >= 4 is 5.97 Å². The Bertz CT molecular complexity index is 295. The molecule has 2 heteroatoms. The minimum atomic E-state index is 0.0522. The zero-order valence-electron chi connectivity index (χ0n) is 11.0. The molecule has 0 aromatic carbocycles. The molecule has 0 saturated heterocycles. The molecule has 2 nitrogen and oxygen atoms in total. The fourth-order valence-electron chi connectivity index (χ4n) is 3.17. The SMILES string of the molecule is CCCC(CC)COC(=O)C1CC2C=CC1C2. The van der Waals surface area contributed by atoms with Crippen molar-refractivity contribution < 1.29 is 9.53 Å². The number of esters is 1. The average Bonchev–Trinajstić information content (AvgIpc) is 2.96. The summed E-state index contributed by atoms with van der Waals surface area (Å²) in [5.74, 6) is 1.88. The lowest BCUT2D eigenvalue weighted by Gasteiger charge is -2.19. The number of carbonyl (C=O) groups excluding carboxylic acids is 1. The number of fused-ring (bicyclic) bond motifs is 2. The molecule has 2 rings (SSSR count). The first-order chi connectivity index (χ1) is 8.24. The first-order valence-corrected chi connectivity index (χ1v) is 7.09. The highest BCUT2D eigenvalue weighted by Gasteiger charge is 2.40. The van der Waals surface area contributed by atoms with Gasteiger partial charge in [-0.1, -0.05) is 38.8 Å². The Kier molecular flexibility index (Phi) is 4.25. The minimum absolute atomic E-state index is 0.0522. The van der Waals surface area contributed by atoms with Gasteiger partial charge in [-0.25, -0.2) is 0 Å². The number of allylic oxidation sites excluding steroid dienone is 2. The number of hydrogen-bond donors (Lipinski definition) is 0. The third kappa shape index (κ3) is 2.91. The topological polar surface area (TPSA) is 26.3 Å². The molecule has 0 aliphatic heterocycles. The van der Waals surface area contributed by atoms with Crippen LogP contribution in [0.25, 0.3) is 0 Å². The number of carbonyl (C=O) groups is 1. The Morgan fingerprint density at radius 2 is 2.18 bits per heavy atom. The standard InChI is InChI=1S/C15H24O2/c1-3-5-11(4-2)10-17-15(16)14-9-12-6-7-13(14)8-12/h6-7,11-14H,3-5,8-10H2,1-2H3. The van der Waals surface area contributed by atoms with Crippen molar-refractivity contribution in [2.45, 2.75) is 46.0 Å². The van der Waals surface area contributed by atoms with E-state index in [1.165, 1.54) is 19.3 Å². The van der Waals surface area contributed by atoms with Gasteiger partial charge in [0.05, 0.1) is 12.5 Å². The summed E-state index contributed by atoms with van der Waals surface area (Å²) in [5.41, 5.74) is 0. The molecule has 4 unspecified atom stereocenters. The van der Waals surface area contributed by atoms with Gasteiger partial charge in [0.2, 0.25) is 0 Å². The molecule has 1 saturated carbocycles. The second-order valence-corrected chi connectivity index (χ2v) is 5.58. The summed E-state index contributed by atoms with van der Waals surface area (Å²) in [6, 6.07) is 0. The maximum atomic E-state index is 12.0. The van der Waals surface area contributed by atoms with Gasteiger partial charge in [0.15, 0.2) is 0 Å². The molecular weight excluding hydrogens is 212 g/mol. The van der Waals surface area contributed by atoms with E-state index in [4.69, 9.17) is 4.74 Å². The Hall–Kier alpha value is -0.790. The summed E-state index contributed by atoms with van der Waals surface area (Å²) in [7, 11) is 0. The molecule has 0 amide bonds. The van der Waals surface area contributed by atoms with Gasteiger partial charge in [0, 0.05) is 0 Å². The van der Waals surface area contributed by atoms with Crippen LogP contribution in [-0.2, 0) is 9.53 Å². The lowest BCUT2D eigenvalue weighted by molar-refractivity contribution is -0.151. The first kappa shape index (κ1) is 12.7. The van der Waals surface area contributed by atoms with Crippen molar-refractivity contribution in [2.24, 2.45) is 23.7 Å². The highest BCUT2D eigenvalue weighted by Crippen LogP contribution is 2.43. The quantitative estimate of drug-likeness (QED) is 0.520. The molecule has 2 bridgehead atoms. The molecule has 0 spiro atoms. The lowest BCUT2D eigenvalue weighted by Crippen LogP contribution is -2.24. The van der Waals surface area contributed by atoms with Gasteiger partial charge in [0.25, 0.3) is 0 Å². The molecule has 0 aromatic heterocycles. The van der Waals surface area contributed by atoms with Gasteiger partial charge in [-0.3, -0.25) is 4.79 Å². The van der Waals surface area contributed by atoms with E-state index in [1.807, 2.05) is 0 Å². The largest absolute Gasteiger partial charge is 0.465 e. The molecule has 96 valence electrons. The molecule has 0 N–H and O–H groups in total. The third-order valence-corrected chi connectivity index (χ3v) is 4.32. The van der Waals surface area contributed by atoms with Crippen LogP contribution < -0.4 is 0 Å². The van der Waals surface area contributed by atoms with Gasteiger partial charge in [0.1, 0.15) is 0 Å². The smallest absolute Gasteiger partial charge is 0.309 e. The second-order valence-electron chi connectivity index (χ2n) is 5.58. The molecule has 2 aliphatic rings. The Balaban J connectivity index is 1.76. The van der Waals surface area contributed by atoms with E-state index in [9.17, 15) is 4.79 Å². The van der Waals surface area contributed by atoms with Crippen LogP contribution in [-0.4, -0.2) is 12.6 Å². The maximum Gasteiger partial charge on any atom is 0.309 e. The van der Waals surface area contributed by atoms with Gasteiger partial charge in [-0.2, -0.15) is 0 Å². The van der Waals surface area contributed by atoms with E-state index < -0.39 is 0 Å². The summed E-state index contributed by atoms with van der Waals surface area (Å²) < 4.78 is 5.51. The van der Waals surface area contributed by atoms with E-state index in [0.717, 1.165) is 12.8 Å². The molecule has 17 heavy (non-hydrogen) atoms. The Labute approximate surface area is 104 Å². The minimum Gasteiger partial charge on any atom is -0.465 e. The first-order valence-electron chi connectivity index (χ1n) is 7.09. The van der Waals surface area contributed by atoms with E-state index in [0.29, 0.717) is 24.4 Å². The van der Waals surface area contributed by atoms with E-state index in [1.54, 1.807) is 0 Å². The van der Waals surface area contributed by atoms with Crippen LogP contribution in [0.4, 0.5) is 0 Å². The fourth-order valence-corrected chi connectivity index (χ4v) is 3.17. The Morgan fingerprint density at radius 1 is 1.35 bits per heavy atom. The highest BCUT2D eigenvalue weighted by atomic mass is 16.5. The summed E-state index contributed by atoms with van der Waals surface area (Å²) in [4.78, 5) is 12.0. The third-order valence-electron chi connectivity index (χ3n) is 4.32. The van der Waals surface area contributed by atoms with Gasteiger partial charge in [-0.05, 0) is 37.0 Å². The second kappa shape index (κ2) is 5.70. The van der Waals surface area contributed by atoms with Crippen molar-refractivity contribution in [1.82, 2.24) is 0 Å². The molecule has 0 radical (unpaired) electrons. The van der Waals surface area contributed by atoms with Crippen molar-refractivity contribution in [3.05, 3.63) is 12.2 Å². The van der Waals surface area contributed by atoms with Crippen LogP contribution in [0.2, 0.25) is 0 Å². The lowest BCUT2D eigenvalue weighted by atomic mass is 9.94. The predicted molar refractivity (Wildman–Crippen MR) is 68.5 cm³/mol. The van der Waals surface area contributed by atoms with Crippen LogP contribution >= 0.6 is 0 Å². The number of hydrogen-bond acceptors (Lipinski definition) is 2. The predicted octanol–water partition coefficient (Wildman–Crippen LogP) is 3.57. The van der Waals surface area contributed by atoms with Crippen LogP contribution in [0.1, 0.15) is 46.0 Å². The van der Waals surface area contributed by atoms with Crippen LogP contribution in [0.5, 0.6) is 0 Å². The van der Waals surface area contributed by atoms with Crippen molar-refractivity contribution in [1.29, 1.82) is 0 Å². The van der Waals surface area contributed by atoms with Crippen molar-refractivity contribution in [2.75, 3.05) is 6.61 Å². The van der Waals surface area contributed by atoms with Crippen molar-refractivity contribution in [3.8, 4) is 0 Å².